The number of ether oxygens (including phenoxy) is 2. The molecule has 1 unspecified atom stereocenters. The molecular formula is C32H29N3O6S. The Labute approximate surface area is 245 Å². The third kappa shape index (κ3) is 6.23. The van der Waals surface area contributed by atoms with Crippen LogP contribution < -0.4 is 19.6 Å². The summed E-state index contributed by atoms with van der Waals surface area (Å²) >= 11 is 1.19. The Morgan fingerprint density at radius 3 is 2.40 bits per heavy atom. The van der Waals surface area contributed by atoms with E-state index >= 15 is 0 Å². The number of non-ortho nitro benzene ring substituents is 1. The van der Waals surface area contributed by atoms with Gasteiger partial charge in [-0.25, -0.2) is 9.79 Å². The molecule has 214 valence electrons. The molecular weight excluding hydrogens is 554 g/mol. The van der Waals surface area contributed by atoms with Crippen molar-refractivity contribution in [3.63, 3.8) is 0 Å². The predicted molar refractivity (Wildman–Crippen MR) is 160 cm³/mol. The predicted octanol–water partition coefficient (Wildman–Crippen LogP) is 4.92. The van der Waals surface area contributed by atoms with E-state index in [0.717, 1.165) is 5.56 Å². The van der Waals surface area contributed by atoms with Crippen molar-refractivity contribution < 1.29 is 19.2 Å². The quantitative estimate of drug-likeness (QED) is 0.157. The second-order valence-electron chi connectivity index (χ2n) is 10.3. The molecule has 42 heavy (non-hydrogen) atoms. The second kappa shape index (κ2) is 12.4. The van der Waals surface area contributed by atoms with Crippen LogP contribution in [0.2, 0.25) is 0 Å². The third-order valence-corrected chi connectivity index (χ3v) is 7.62. The van der Waals surface area contributed by atoms with Gasteiger partial charge in [-0.3, -0.25) is 19.5 Å². The molecule has 1 aromatic heterocycles. The van der Waals surface area contributed by atoms with Gasteiger partial charge in [-0.2, -0.15) is 0 Å². The standard InChI is InChI=1S/C32H29N3O6S/c1-20(2)18-41-31(37)28-21(3)33-32-34(30(36)27(42-32)17-22-9-13-25(14-10-22)35(38)39)29(28)24-11-15-26(16-12-24)40-19-23-7-5-4-6-8-23/h4-17,20,29H,18-19H2,1-3H3. The zero-order valence-electron chi connectivity index (χ0n) is 23.4. The molecule has 1 aliphatic rings. The summed E-state index contributed by atoms with van der Waals surface area (Å²) in [5.74, 6) is 0.263. The number of benzene rings is 3. The van der Waals surface area contributed by atoms with Crippen molar-refractivity contribution in [2.45, 2.75) is 33.4 Å². The van der Waals surface area contributed by atoms with Crippen molar-refractivity contribution in [2.24, 2.45) is 10.9 Å². The molecule has 0 fully saturated rings. The maximum absolute atomic E-state index is 13.8. The van der Waals surface area contributed by atoms with E-state index in [2.05, 4.69) is 4.99 Å². The first-order chi connectivity index (χ1) is 20.2. The number of thiazole rings is 1. The molecule has 0 saturated heterocycles. The molecule has 1 aliphatic heterocycles. The summed E-state index contributed by atoms with van der Waals surface area (Å²) < 4.78 is 13.5. The maximum atomic E-state index is 13.8. The number of aromatic nitrogens is 1. The number of carbonyl (C=O) groups is 1. The molecule has 9 nitrogen and oxygen atoms in total. The van der Waals surface area contributed by atoms with Gasteiger partial charge in [-0.15, -0.1) is 0 Å². The Balaban J connectivity index is 1.54. The van der Waals surface area contributed by atoms with E-state index < -0.39 is 16.9 Å². The fraction of sp³-hybridized carbons (Fsp3) is 0.219. The highest BCUT2D eigenvalue weighted by atomic mass is 32.1. The molecule has 0 radical (unpaired) electrons. The van der Waals surface area contributed by atoms with Crippen LogP contribution in [0.4, 0.5) is 5.69 Å². The van der Waals surface area contributed by atoms with Gasteiger partial charge >= 0.3 is 5.97 Å². The van der Waals surface area contributed by atoms with Crippen LogP contribution >= 0.6 is 11.3 Å². The van der Waals surface area contributed by atoms with Crippen LogP contribution in [0.25, 0.3) is 6.08 Å². The van der Waals surface area contributed by atoms with E-state index in [1.165, 1.54) is 28.0 Å². The highest BCUT2D eigenvalue weighted by molar-refractivity contribution is 7.07. The van der Waals surface area contributed by atoms with Crippen molar-refractivity contribution in [3.8, 4) is 5.75 Å². The van der Waals surface area contributed by atoms with Gasteiger partial charge in [0.2, 0.25) is 0 Å². The van der Waals surface area contributed by atoms with Crippen molar-refractivity contribution >= 4 is 29.1 Å². The molecule has 0 spiro atoms. The minimum atomic E-state index is -0.761. The van der Waals surface area contributed by atoms with E-state index in [4.69, 9.17) is 9.47 Å². The first-order valence-corrected chi connectivity index (χ1v) is 14.2. The molecule has 0 bridgehead atoms. The minimum Gasteiger partial charge on any atom is -0.489 e. The zero-order chi connectivity index (χ0) is 29.8. The number of esters is 1. The fourth-order valence-electron chi connectivity index (χ4n) is 4.55. The molecule has 10 heteroatoms. The average Bonchev–Trinajstić information content (AvgIpc) is 3.29. The summed E-state index contributed by atoms with van der Waals surface area (Å²) in [6, 6.07) is 22.3. The van der Waals surface area contributed by atoms with Gasteiger partial charge in [0.05, 0.1) is 33.4 Å². The van der Waals surface area contributed by atoms with Crippen molar-refractivity contribution in [1.29, 1.82) is 0 Å². The van der Waals surface area contributed by atoms with Crippen LogP contribution in [-0.2, 0) is 16.1 Å². The Kier molecular flexibility index (Phi) is 8.44. The molecule has 3 aromatic carbocycles. The largest absolute Gasteiger partial charge is 0.489 e. The van der Waals surface area contributed by atoms with Crippen molar-refractivity contribution in [2.75, 3.05) is 6.61 Å². The Morgan fingerprint density at radius 1 is 1.07 bits per heavy atom. The summed E-state index contributed by atoms with van der Waals surface area (Å²) in [4.78, 5) is 42.8. The number of allylic oxidation sites excluding steroid dienone is 1. The van der Waals surface area contributed by atoms with Crippen molar-refractivity contribution in [3.05, 3.63) is 137 Å². The molecule has 0 aliphatic carbocycles. The molecule has 1 atom stereocenters. The molecule has 2 heterocycles. The Bertz CT molecular complexity index is 1820. The van der Waals surface area contributed by atoms with Crippen LogP contribution in [0.15, 0.2) is 99.9 Å². The van der Waals surface area contributed by atoms with Crippen LogP contribution in [-0.4, -0.2) is 22.1 Å². The topological polar surface area (TPSA) is 113 Å². The molecule has 4 aromatic rings. The lowest BCUT2D eigenvalue weighted by molar-refractivity contribution is -0.384. The third-order valence-electron chi connectivity index (χ3n) is 6.64. The maximum Gasteiger partial charge on any atom is 0.338 e. The van der Waals surface area contributed by atoms with Crippen molar-refractivity contribution in [1.82, 2.24) is 4.57 Å². The summed E-state index contributed by atoms with van der Waals surface area (Å²) in [6.45, 7) is 6.29. The zero-order valence-corrected chi connectivity index (χ0v) is 24.2. The van der Waals surface area contributed by atoms with Gasteiger partial charge in [0.25, 0.3) is 11.2 Å². The summed E-state index contributed by atoms with van der Waals surface area (Å²) in [5, 5.41) is 11.0. The molecule has 0 amide bonds. The number of nitro benzene ring substituents is 1. The van der Waals surface area contributed by atoms with Gasteiger partial charge in [0, 0.05) is 12.1 Å². The van der Waals surface area contributed by atoms with Crippen LogP contribution in [0.3, 0.4) is 0 Å². The van der Waals surface area contributed by atoms with Gasteiger partial charge in [-0.1, -0.05) is 67.6 Å². The smallest absolute Gasteiger partial charge is 0.338 e. The second-order valence-corrected chi connectivity index (χ2v) is 11.3. The van der Waals surface area contributed by atoms with Gasteiger partial charge in [0.1, 0.15) is 12.4 Å². The molecule has 0 N–H and O–H groups in total. The van der Waals surface area contributed by atoms with Gasteiger partial charge in [-0.05, 0) is 59.9 Å². The van der Waals surface area contributed by atoms with E-state index in [9.17, 15) is 19.7 Å². The number of hydrogen-bond acceptors (Lipinski definition) is 8. The fourth-order valence-corrected chi connectivity index (χ4v) is 5.60. The minimum absolute atomic E-state index is 0.0371. The summed E-state index contributed by atoms with van der Waals surface area (Å²) in [5.41, 5.74) is 2.78. The lowest BCUT2D eigenvalue weighted by Crippen LogP contribution is -2.40. The lowest BCUT2D eigenvalue weighted by Gasteiger charge is -2.25. The molecule has 0 saturated carbocycles. The number of nitro groups is 1. The number of rotatable bonds is 9. The monoisotopic (exact) mass is 583 g/mol. The summed E-state index contributed by atoms with van der Waals surface area (Å²) in [6.07, 6.45) is 1.67. The first kappa shape index (κ1) is 28.7. The van der Waals surface area contributed by atoms with E-state index in [0.29, 0.717) is 44.1 Å². The van der Waals surface area contributed by atoms with E-state index in [1.807, 2.05) is 68.4 Å². The number of nitrogens with zero attached hydrogens (tertiary/aromatic N) is 3. The highest BCUT2D eigenvalue weighted by Gasteiger charge is 2.33. The summed E-state index contributed by atoms with van der Waals surface area (Å²) in [7, 11) is 0. The van der Waals surface area contributed by atoms with E-state index in [1.54, 1.807) is 25.1 Å². The van der Waals surface area contributed by atoms with Crippen LogP contribution in [0.1, 0.15) is 43.5 Å². The number of fused-ring (bicyclic) bond motifs is 1. The van der Waals surface area contributed by atoms with Gasteiger partial charge < -0.3 is 9.47 Å². The first-order valence-electron chi connectivity index (χ1n) is 13.4. The van der Waals surface area contributed by atoms with Crippen LogP contribution in [0.5, 0.6) is 5.75 Å². The highest BCUT2D eigenvalue weighted by Crippen LogP contribution is 2.32. The Morgan fingerprint density at radius 2 is 1.76 bits per heavy atom. The lowest BCUT2D eigenvalue weighted by atomic mass is 9.96. The van der Waals surface area contributed by atoms with Crippen LogP contribution in [0, 0.1) is 16.0 Å². The number of carbonyl (C=O) groups excluding carboxylic acids is 1. The number of hydrogen-bond donors (Lipinski definition) is 0. The SMILES string of the molecule is CC1=C(C(=O)OCC(C)C)C(c2ccc(OCc3ccccc3)cc2)n2c(sc(=Cc3ccc([N+](=O)[O-])cc3)c2=O)=N1. The van der Waals surface area contributed by atoms with E-state index in [-0.39, 0.29) is 23.8 Å². The normalized spacial score (nSPS) is 14.9. The average molecular weight is 584 g/mol. The Hall–Kier alpha value is -4.83. The molecule has 5 rings (SSSR count). The van der Waals surface area contributed by atoms with Gasteiger partial charge in [0.15, 0.2) is 4.80 Å².